The molecule has 1 fully saturated rings. The molecule has 1 aliphatic heterocycles. The number of piperidine rings is 1. The topological polar surface area (TPSA) is 32.3 Å². The summed E-state index contributed by atoms with van der Waals surface area (Å²) in [6, 6.07) is -0.413. The molecule has 0 bridgehead atoms. The fraction of sp³-hybridized carbons (Fsp3) is 1.00. The van der Waals surface area contributed by atoms with Crippen molar-refractivity contribution in [2.75, 3.05) is 13.2 Å². The molecule has 0 aromatic rings. The lowest BCUT2D eigenvalue weighted by Crippen LogP contribution is -2.45. The molecule has 1 atom stereocenters. The van der Waals surface area contributed by atoms with Gasteiger partial charge in [0.2, 0.25) is 0 Å². The quantitative estimate of drug-likeness (QED) is 0.567. The molecule has 1 saturated heterocycles. The van der Waals surface area contributed by atoms with Crippen LogP contribution in [-0.2, 0) is 0 Å². The summed E-state index contributed by atoms with van der Waals surface area (Å²) in [6.07, 6.45) is -0.340. The predicted octanol–water partition coefficient (Wildman–Crippen LogP) is 0.366. The summed E-state index contributed by atoms with van der Waals surface area (Å²) in [5.41, 5.74) is 0. The zero-order valence-electron chi connectivity index (χ0n) is 5.61. The van der Waals surface area contributed by atoms with Crippen LogP contribution in [-0.4, -0.2) is 30.2 Å². The molecule has 60 valence electrons. The van der Waals surface area contributed by atoms with E-state index >= 15 is 0 Å². The summed E-state index contributed by atoms with van der Waals surface area (Å²) in [6.45, 7) is 0.105. The molecular weight excluding hydrogens is 140 g/mol. The number of aliphatic hydroxyl groups excluding tert-OH is 1. The number of alkyl halides is 2. The Bertz CT molecular complexity index is 118. The Morgan fingerprint density at radius 1 is 1.60 bits per heavy atom. The number of aliphatic hydroxyl groups is 1. The van der Waals surface area contributed by atoms with Gasteiger partial charge in [0.05, 0.1) is 6.61 Å². The second-order valence-corrected chi connectivity index (χ2v) is 2.64. The first-order chi connectivity index (χ1) is 4.64. The van der Waals surface area contributed by atoms with Gasteiger partial charge in [-0.25, -0.2) is 8.78 Å². The fourth-order valence-electron chi connectivity index (χ4n) is 1.12. The lowest BCUT2D eigenvalue weighted by molar-refractivity contribution is -0.0472. The number of rotatable bonds is 1. The molecule has 0 aromatic heterocycles. The molecule has 0 saturated carbocycles. The molecule has 0 unspecified atom stereocenters. The number of hydrogen-bond donors (Lipinski definition) is 2. The highest BCUT2D eigenvalue weighted by Crippen LogP contribution is 2.26. The van der Waals surface area contributed by atoms with Crippen LogP contribution in [0.3, 0.4) is 0 Å². The van der Waals surface area contributed by atoms with Gasteiger partial charge in [0, 0.05) is 25.4 Å². The molecule has 4 heteroatoms. The first-order valence-electron chi connectivity index (χ1n) is 3.36. The van der Waals surface area contributed by atoms with E-state index in [1.165, 1.54) is 0 Å². The Kier molecular flexibility index (Phi) is 2.21. The van der Waals surface area contributed by atoms with Crippen LogP contribution in [0.1, 0.15) is 12.8 Å². The molecule has 1 heterocycles. The van der Waals surface area contributed by atoms with Crippen molar-refractivity contribution in [3.8, 4) is 0 Å². The SMILES string of the molecule is OC[C@@H]1CC(F)(F)CCN1. The zero-order valence-corrected chi connectivity index (χ0v) is 5.61. The summed E-state index contributed by atoms with van der Waals surface area (Å²) in [7, 11) is 0. The van der Waals surface area contributed by atoms with E-state index in [0.717, 1.165) is 0 Å². The standard InChI is InChI=1S/C6H11F2NO/c7-6(8)1-2-9-5(3-6)4-10/h5,9-10H,1-4H2/t5-/m0/s1. The van der Waals surface area contributed by atoms with Gasteiger partial charge in [-0.1, -0.05) is 0 Å². The van der Waals surface area contributed by atoms with Gasteiger partial charge in [-0.05, 0) is 0 Å². The second kappa shape index (κ2) is 2.80. The molecule has 1 rings (SSSR count). The zero-order chi connectivity index (χ0) is 7.61. The summed E-state index contributed by atoms with van der Waals surface area (Å²) in [5, 5.41) is 11.3. The van der Waals surface area contributed by atoms with Crippen LogP contribution in [0.5, 0.6) is 0 Å². The maximum Gasteiger partial charge on any atom is 0.250 e. The van der Waals surface area contributed by atoms with E-state index in [0.29, 0.717) is 6.54 Å². The fourth-order valence-corrected chi connectivity index (χ4v) is 1.12. The van der Waals surface area contributed by atoms with Crippen LogP contribution in [0.15, 0.2) is 0 Å². The predicted molar refractivity (Wildman–Crippen MR) is 33.1 cm³/mol. The van der Waals surface area contributed by atoms with Crippen molar-refractivity contribution in [1.82, 2.24) is 5.32 Å². The summed E-state index contributed by atoms with van der Waals surface area (Å²) < 4.78 is 25.0. The van der Waals surface area contributed by atoms with Crippen molar-refractivity contribution < 1.29 is 13.9 Å². The van der Waals surface area contributed by atoms with Crippen molar-refractivity contribution in [3.05, 3.63) is 0 Å². The van der Waals surface area contributed by atoms with Crippen LogP contribution < -0.4 is 5.32 Å². The van der Waals surface area contributed by atoms with E-state index in [9.17, 15) is 8.78 Å². The minimum atomic E-state index is -2.57. The van der Waals surface area contributed by atoms with Gasteiger partial charge < -0.3 is 10.4 Å². The largest absolute Gasteiger partial charge is 0.395 e. The highest BCUT2D eigenvalue weighted by Gasteiger charge is 2.35. The number of hydrogen-bond acceptors (Lipinski definition) is 2. The third-order valence-corrected chi connectivity index (χ3v) is 1.69. The van der Waals surface area contributed by atoms with Gasteiger partial charge in [-0.15, -0.1) is 0 Å². The molecule has 1 aliphatic rings. The lowest BCUT2D eigenvalue weighted by atomic mass is 10.0. The first-order valence-corrected chi connectivity index (χ1v) is 3.36. The van der Waals surface area contributed by atoms with Crippen LogP contribution in [0.4, 0.5) is 8.78 Å². The van der Waals surface area contributed by atoms with Crippen LogP contribution in [0.25, 0.3) is 0 Å². The molecule has 0 spiro atoms. The molecule has 0 aliphatic carbocycles. The average molecular weight is 151 g/mol. The van der Waals surface area contributed by atoms with Gasteiger partial charge in [0.1, 0.15) is 0 Å². The van der Waals surface area contributed by atoms with Gasteiger partial charge in [0.15, 0.2) is 0 Å². The van der Waals surface area contributed by atoms with Crippen molar-refractivity contribution in [2.24, 2.45) is 0 Å². The summed E-state index contributed by atoms with van der Waals surface area (Å²) in [4.78, 5) is 0. The molecule has 10 heavy (non-hydrogen) atoms. The molecule has 0 aromatic carbocycles. The summed E-state index contributed by atoms with van der Waals surface area (Å²) in [5.74, 6) is -2.57. The van der Waals surface area contributed by atoms with E-state index in [-0.39, 0.29) is 19.4 Å². The second-order valence-electron chi connectivity index (χ2n) is 2.64. The van der Waals surface area contributed by atoms with Crippen LogP contribution in [0, 0.1) is 0 Å². The van der Waals surface area contributed by atoms with Crippen molar-refractivity contribution in [3.63, 3.8) is 0 Å². The van der Waals surface area contributed by atoms with Crippen LogP contribution in [0.2, 0.25) is 0 Å². The molecule has 2 N–H and O–H groups in total. The third-order valence-electron chi connectivity index (χ3n) is 1.69. The molecule has 0 radical (unpaired) electrons. The highest BCUT2D eigenvalue weighted by atomic mass is 19.3. The van der Waals surface area contributed by atoms with Gasteiger partial charge in [-0.2, -0.15) is 0 Å². The van der Waals surface area contributed by atoms with Crippen LogP contribution >= 0.6 is 0 Å². The van der Waals surface area contributed by atoms with E-state index in [1.807, 2.05) is 0 Å². The van der Waals surface area contributed by atoms with E-state index in [1.54, 1.807) is 0 Å². The lowest BCUT2D eigenvalue weighted by Gasteiger charge is -2.28. The van der Waals surface area contributed by atoms with Gasteiger partial charge in [0.25, 0.3) is 5.92 Å². The monoisotopic (exact) mass is 151 g/mol. The molecule has 2 nitrogen and oxygen atoms in total. The maximum absolute atomic E-state index is 12.5. The number of nitrogens with one attached hydrogen (secondary N) is 1. The van der Waals surface area contributed by atoms with Crippen molar-refractivity contribution in [2.45, 2.75) is 24.8 Å². The minimum Gasteiger partial charge on any atom is -0.395 e. The minimum absolute atomic E-state index is 0.108. The summed E-state index contributed by atoms with van der Waals surface area (Å²) >= 11 is 0. The molecular formula is C6H11F2NO. The maximum atomic E-state index is 12.5. The van der Waals surface area contributed by atoms with Crippen molar-refractivity contribution >= 4 is 0 Å². The van der Waals surface area contributed by atoms with Crippen molar-refractivity contribution in [1.29, 1.82) is 0 Å². The Morgan fingerprint density at radius 2 is 2.30 bits per heavy atom. The van der Waals surface area contributed by atoms with E-state index < -0.39 is 12.0 Å². The number of halogens is 2. The Morgan fingerprint density at radius 3 is 2.70 bits per heavy atom. The highest BCUT2D eigenvalue weighted by molar-refractivity contribution is 4.82. The third kappa shape index (κ3) is 1.88. The van der Waals surface area contributed by atoms with E-state index in [4.69, 9.17) is 5.11 Å². The Labute approximate surface area is 58.2 Å². The Hall–Kier alpha value is -0.220. The average Bonchev–Trinajstić information content (AvgIpc) is 1.86. The van der Waals surface area contributed by atoms with E-state index in [2.05, 4.69) is 5.32 Å². The van der Waals surface area contributed by atoms with Gasteiger partial charge in [-0.3, -0.25) is 0 Å². The Balaban J connectivity index is 2.40. The molecule has 0 amide bonds. The smallest absolute Gasteiger partial charge is 0.250 e. The van der Waals surface area contributed by atoms with Gasteiger partial charge >= 0.3 is 0 Å². The normalized spacial score (nSPS) is 32.1. The first kappa shape index (κ1) is 7.88.